The summed E-state index contributed by atoms with van der Waals surface area (Å²) in [5, 5.41) is 8.01. The Bertz CT molecular complexity index is 906. The quantitative estimate of drug-likeness (QED) is 0.513. The van der Waals surface area contributed by atoms with E-state index in [9.17, 15) is 4.79 Å². The molecule has 2 N–H and O–H groups in total. The summed E-state index contributed by atoms with van der Waals surface area (Å²) in [7, 11) is 1.39. The summed E-state index contributed by atoms with van der Waals surface area (Å²) in [6.07, 6.45) is 0. The summed E-state index contributed by atoms with van der Waals surface area (Å²) in [6, 6.07) is 18.0. The summed E-state index contributed by atoms with van der Waals surface area (Å²) in [4.78, 5) is 12.2. The molecule has 128 valence electrons. The topological polar surface area (TPSA) is 50.4 Å². The number of carbonyl (C=O) groups is 1. The van der Waals surface area contributed by atoms with Crippen molar-refractivity contribution in [2.75, 3.05) is 12.4 Å². The van der Waals surface area contributed by atoms with Crippen LogP contribution >= 0.6 is 23.6 Å². The van der Waals surface area contributed by atoms with E-state index in [-0.39, 0.29) is 12.0 Å². The lowest BCUT2D eigenvalue weighted by molar-refractivity contribution is 0.0606. The van der Waals surface area contributed by atoms with Crippen LogP contribution in [0.2, 0.25) is 0 Å². The van der Waals surface area contributed by atoms with Crippen LogP contribution in [0.25, 0.3) is 10.1 Å². The molecule has 0 saturated carbocycles. The number of methoxy groups -OCH3 is 1. The minimum atomic E-state index is -0.315. The molecule has 0 spiro atoms. The van der Waals surface area contributed by atoms with E-state index in [0.29, 0.717) is 9.99 Å². The maximum atomic E-state index is 11.6. The van der Waals surface area contributed by atoms with E-state index in [2.05, 4.69) is 29.7 Å². The number of anilines is 1. The minimum Gasteiger partial charge on any atom is -0.465 e. The van der Waals surface area contributed by atoms with E-state index in [1.54, 1.807) is 0 Å². The van der Waals surface area contributed by atoms with Gasteiger partial charge in [-0.05, 0) is 54.4 Å². The first-order chi connectivity index (χ1) is 12.1. The molecule has 0 unspecified atom stereocenters. The average Bonchev–Trinajstić information content (AvgIpc) is 3.05. The Labute approximate surface area is 155 Å². The van der Waals surface area contributed by atoms with Crippen molar-refractivity contribution < 1.29 is 9.53 Å². The van der Waals surface area contributed by atoms with Crippen molar-refractivity contribution in [3.8, 4) is 0 Å². The molecule has 3 rings (SSSR count). The van der Waals surface area contributed by atoms with Crippen molar-refractivity contribution in [3.63, 3.8) is 0 Å². The number of carbonyl (C=O) groups excluding carboxylic acids is 1. The predicted octanol–water partition coefficient (Wildman–Crippen LogP) is 4.74. The van der Waals surface area contributed by atoms with Crippen LogP contribution in [-0.2, 0) is 4.74 Å². The molecule has 0 radical (unpaired) electrons. The summed E-state index contributed by atoms with van der Waals surface area (Å²) < 4.78 is 5.80. The Morgan fingerprint density at radius 1 is 1.16 bits per heavy atom. The molecule has 3 aromatic rings. The molecule has 2 aromatic carbocycles. The van der Waals surface area contributed by atoms with Gasteiger partial charge in [-0.1, -0.05) is 30.3 Å². The number of ether oxygens (including phenoxy) is 1. The molecule has 25 heavy (non-hydrogen) atoms. The maximum Gasteiger partial charge on any atom is 0.348 e. The second-order valence-corrected chi connectivity index (χ2v) is 7.08. The fraction of sp³-hybridized carbons (Fsp3) is 0.158. The van der Waals surface area contributed by atoms with Crippen LogP contribution in [0.15, 0.2) is 54.6 Å². The van der Waals surface area contributed by atoms with Crippen molar-refractivity contribution in [3.05, 3.63) is 65.0 Å². The van der Waals surface area contributed by atoms with Crippen molar-refractivity contribution in [1.82, 2.24) is 5.32 Å². The van der Waals surface area contributed by atoms with Crippen LogP contribution in [0.1, 0.15) is 28.2 Å². The monoisotopic (exact) mass is 370 g/mol. The number of fused-ring (bicyclic) bond motifs is 1. The standard InChI is InChI=1S/C19H18N2O2S2/c1-12(13-6-4-3-5-7-13)20-19(24)21-15-8-9-16-14(10-15)11-17(25-16)18(22)23-2/h3-12H,1-2H3,(H2,20,21,24)/t12-/m0/s1. The van der Waals surface area contributed by atoms with E-state index in [0.717, 1.165) is 15.8 Å². The third-order valence-corrected chi connectivity index (χ3v) is 5.12. The van der Waals surface area contributed by atoms with Gasteiger partial charge in [0.25, 0.3) is 0 Å². The number of thiocarbonyl (C=S) groups is 1. The van der Waals surface area contributed by atoms with Crippen molar-refractivity contribution in [1.29, 1.82) is 0 Å². The predicted molar refractivity (Wildman–Crippen MR) is 107 cm³/mol. The van der Waals surface area contributed by atoms with Gasteiger partial charge in [0.05, 0.1) is 13.2 Å². The van der Waals surface area contributed by atoms with Gasteiger partial charge in [-0.15, -0.1) is 11.3 Å². The summed E-state index contributed by atoms with van der Waals surface area (Å²) in [6.45, 7) is 2.06. The first-order valence-electron chi connectivity index (χ1n) is 7.81. The summed E-state index contributed by atoms with van der Waals surface area (Å²) >= 11 is 6.82. The van der Waals surface area contributed by atoms with E-state index in [4.69, 9.17) is 17.0 Å². The van der Waals surface area contributed by atoms with E-state index >= 15 is 0 Å². The maximum absolute atomic E-state index is 11.6. The van der Waals surface area contributed by atoms with E-state index in [1.165, 1.54) is 24.0 Å². The summed E-state index contributed by atoms with van der Waals surface area (Å²) in [5.41, 5.74) is 2.04. The Hall–Kier alpha value is -2.44. The lowest BCUT2D eigenvalue weighted by Gasteiger charge is -2.17. The molecule has 0 aliphatic heterocycles. The zero-order chi connectivity index (χ0) is 17.8. The van der Waals surface area contributed by atoms with Gasteiger partial charge in [0.2, 0.25) is 0 Å². The molecule has 1 heterocycles. The molecule has 0 aliphatic carbocycles. The number of thiophene rings is 1. The van der Waals surface area contributed by atoms with E-state index < -0.39 is 0 Å². The highest BCUT2D eigenvalue weighted by molar-refractivity contribution is 7.80. The highest BCUT2D eigenvalue weighted by Crippen LogP contribution is 2.28. The molecule has 1 atom stereocenters. The number of nitrogens with one attached hydrogen (secondary N) is 2. The molecule has 0 saturated heterocycles. The Morgan fingerprint density at radius 2 is 1.92 bits per heavy atom. The van der Waals surface area contributed by atoms with Gasteiger partial charge in [0, 0.05) is 10.4 Å². The number of hydrogen-bond donors (Lipinski definition) is 2. The zero-order valence-electron chi connectivity index (χ0n) is 13.9. The fourth-order valence-corrected chi connectivity index (χ4v) is 3.77. The molecule has 4 nitrogen and oxygen atoms in total. The molecule has 0 aliphatic rings. The second-order valence-electron chi connectivity index (χ2n) is 5.59. The molecule has 6 heteroatoms. The first-order valence-corrected chi connectivity index (χ1v) is 9.03. The fourth-order valence-electron chi connectivity index (χ4n) is 2.51. The molecule has 0 fully saturated rings. The Balaban J connectivity index is 1.69. The van der Waals surface area contributed by atoms with Gasteiger partial charge < -0.3 is 15.4 Å². The lowest BCUT2D eigenvalue weighted by Crippen LogP contribution is -2.30. The lowest BCUT2D eigenvalue weighted by atomic mass is 10.1. The molecule has 0 amide bonds. The highest BCUT2D eigenvalue weighted by atomic mass is 32.1. The molecule has 1 aromatic heterocycles. The highest BCUT2D eigenvalue weighted by Gasteiger charge is 2.11. The zero-order valence-corrected chi connectivity index (χ0v) is 15.5. The van der Waals surface area contributed by atoms with Crippen LogP contribution < -0.4 is 10.6 Å². The van der Waals surface area contributed by atoms with Gasteiger partial charge in [-0.3, -0.25) is 0 Å². The van der Waals surface area contributed by atoms with Crippen molar-refractivity contribution >= 4 is 50.4 Å². The van der Waals surface area contributed by atoms with Crippen LogP contribution in [0.4, 0.5) is 5.69 Å². The van der Waals surface area contributed by atoms with Gasteiger partial charge in [-0.25, -0.2) is 4.79 Å². The van der Waals surface area contributed by atoms with Gasteiger partial charge in [0.15, 0.2) is 5.11 Å². The normalized spacial score (nSPS) is 11.8. The van der Waals surface area contributed by atoms with Crippen LogP contribution in [0, 0.1) is 0 Å². The van der Waals surface area contributed by atoms with Crippen molar-refractivity contribution in [2.45, 2.75) is 13.0 Å². The molecule has 0 bridgehead atoms. The number of esters is 1. The largest absolute Gasteiger partial charge is 0.465 e. The minimum absolute atomic E-state index is 0.108. The third kappa shape index (κ3) is 4.15. The third-order valence-electron chi connectivity index (χ3n) is 3.81. The smallest absolute Gasteiger partial charge is 0.348 e. The van der Waals surface area contributed by atoms with Gasteiger partial charge >= 0.3 is 5.97 Å². The summed E-state index contributed by atoms with van der Waals surface area (Å²) in [5.74, 6) is -0.315. The molecular weight excluding hydrogens is 352 g/mol. The van der Waals surface area contributed by atoms with Crippen LogP contribution in [-0.4, -0.2) is 18.2 Å². The van der Waals surface area contributed by atoms with Crippen LogP contribution in [0.5, 0.6) is 0 Å². The number of benzene rings is 2. The van der Waals surface area contributed by atoms with E-state index in [1.807, 2.05) is 42.5 Å². The van der Waals surface area contributed by atoms with Crippen molar-refractivity contribution in [2.24, 2.45) is 0 Å². The number of rotatable bonds is 4. The second kappa shape index (κ2) is 7.63. The van der Waals surface area contributed by atoms with Gasteiger partial charge in [0.1, 0.15) is 4.88 Å². The SMILES string of the molecule is COC(=O)c1cc2cc(NC(=S)N[C@@H](C)c3ccccc3)ccc2s1. The number of hydrogen-bond acceptors (Lipinski definition) is 4. The van der Waals surface area contributed by atoms with Gasteiger partial charge in [-0.2, -0.15) is 0 Å². The first kappa shape index (κ1) is 17.4. The van der Waals surface area contributed by atoms with Crippen LogP contribution in [0.3, 0.4) is 0 Å². The molecular formula is C19H18N2O2S2. The Kier molecular flexibility index (Phi) is 5.31. The average molecular weight is 370 g/mol. The Morgan fingerprint density at radius 3 is 2.64 bits per heavy atom.